The number of methoxy groups -OCH3 is 2. The standard InChI is InChI=1S/C13H25NO4/c1-17-9-7-14(8-10-18-2)12-6-4-3-5-11(12)13(15)16/h11-12H,3-10H2,1-2H3,(H,15,16). The van der Waals surface area contributed by atoms with E-state index in [1.54, 1.807) is 14.2 Å². The van der Waals surface area contributed by atoms with E-state index in [-0.39, 0.29) is 12.0 Å². The molecular weight excluding hydrogens is 234 g/mol. The molecule has 1 rings (SSSR count). The summed E-state index contributed by atoms with van der Waals surface area (Å²) in [7, 11) is 3.34. The number of carboxylic acid groups (broad SMARTS) is 1. The molecule has 0 bridgehead atoms. The number of ether oxygens (including phenoxy) is 2. The number of aliphatic carboxylic acids is 1. The van der Waals surface area contributed by atoms with Crippen LogP contribution in [-0.4, -0.2) is 62.5 Å². The van der Waals surface area contributed by atoms with Gasteiger partial charge >= 0.3 is 5.97 Å². The van der Waals surface area contributed by atoms with E-state index < -0.39 is 5.97 Å². The number of carboxylic acids is 1. The number of carbonyl (C=O) groups is 1. The highest BCUT2D eigenvalue weighted by molar-refractivity contribution is 5.71. The van der Waals surface area contributed by atoms with Gasteiger partial charge in [-0.1, -0.05) is 12.8 Å². The Labute approximate surface area is 109 Å². The van der Waals surface area contributed by atoms with Crippen molar-refractivity contribution in [3.8, 4) is 0 Å². The average Bonchev–Trinajstić information content (AvgIpc) is 2.39. The summed E-state index contributed by atoms with van der Waals surface area (Å²) in [6.45, 7) is 2.81. The third-order valence-corrected chi connectivity index (χ3v) is 3.68. The molecule has 5 heteroatoms. The Balaban J connectivity index is 2.63. The fourth-order valence-electron chi connectivity index (χ4n) is 2.70. The van der Waals surface area contributed by atoms with Gasteiger partial charge in [0.15, 0.2) is 0 Å². The van der Waals surface area contributed by atoms with Crippen molar-refractivity contribution < 1.29 is 19.4 Å². The van der Waals surface area contributed by atoms with Crippen molar-refractivity contribution in [2.75, 3.05) is 40.5 Å². The van der Waals surface area contributed by atoms with Crippen LogP contribution in [0.3, 0.4) is 0 Å². The van der Waals surface area contributed by atoms with Gasteiger partial charge in [-0.3, -0.25) is 9.69 Å². The quantitative estimate of drug-likeness (QED) is 0.710. The minimum atomic E-state index is -0.667. The Hall–Kier alpha value is -0.650. The maximum Gasteiger partial charge on any atom is 0.308 e. The third kappa shape index (κ3) is 4.55. The van der Waals surface area contributed by atoms with Crippen molar-refractivity contribution in [3.05, 3.63) is 0 Å². The predicted molar refractivity (Wildman–Crippen MR) is 68.7 cm³/mol. The molecular formula is C13H25NO4. The van der Waals surface area contributed by atoms with Crippen LogP contribution in [0.25, 0.3) is 0 Å². The van der Waals surface area contributed by atoms with Gasteiger partial charge < -0.3 is 14.6 Å². The van der Waals surface area contributed by atoms with Crippen molar-refractivity contribution in [1.29, 1.82) is 0 Å². The molecule has 1 aliphatic rings. The topological polar surface area (TPSA) is 59.0 Å². The normalized spacial score (nSPS) is 24.4. The van der Waals surface area contributed by atoms with E-state index in [1.807, 2.05) is 0 Å². The van der Waals surface area contributed by atoms with Gasteiger partial charge in [-0.25, -0.2) is 0 Å². The Morgan fingerprint density at radius 2 is 1.72 bits per heavy atom. The first-order valence-corrected chi connectivity index (χ1v) is 6.65. The van der Waals surface area contributed by atoms with Gasteiger partial charge in [0.25, 0.3) is 0 Å². The first kappa shape index (κ1) is 15.4. The molecule has 0 radical (unpaired) electrons. The van der Waals surface area contributed by atoms with Crippen molar-refractivity contribution in [1.82, 2.24) is 4.90 Å². The Kier molecular flexibility index (Phi) is 7.23. The first-order chi connectivity index (χ1) is 8.70. The monoisotopic (exact) mass is 259 g/mol. The van der Waals surface area contributed by atoms with Crippen LogP contribution in [0.15, 0.2) is 0 Å². The largest absolute Gasteiger partial charge is 0.481 e. The summed E-state index contributed by atoms with van der Waals surface area (Å²) in [5, 5.41) is 9.32. The number of hydrogen-bond donors (Lipinski definition) is 1. The molecule has 0 spiro atoms. The summed E-state index contributed by atoms with van der Waals surface area (Å²) in [4.78, 5) is 13.5. The van der Waals surface area contributed by atoms with Crippen LogP contribution in [0.4, 0.5) is 0 Å². The average molecular weight is 259 g/mol. The van der Waals surface area contributed by atoms with E-state index >= 15 is 0 Å². The SMILES string of the molecule is COCCN(CCOC)C1CCCCC1C(=O)O. The maximum absolute atomic E-state index is 11.3. The van der Waals surface area contributed by atoms with Crippen molar-refractivity contribution in [2.24, 2.45) is 5.92 Å². The third-order valence-electron chi connectivity index (χ3n) is 3.68. The summed E-state index contributed by atoms with van der Waals surface area (Å²) < 4.78 is 10.2. The molecule has 0 amide bonds. The molecule has 0 aromatic heterocycles. The highest BCUT2D eigenvalue weighted by Gasteiger charge is 2.34. The fourth-order valence-corrected chi connectivity index (χ4v) is 2.70. The van der Waals surface area contributed by atoms with Crippen molar-refractivity contribution in [2.45, 2.75) is 31.7 Å². The molecule has 0 aromatic carbocycles. The minimum absolute atomic E-state index is 0.126. The van der Waals surface area contributed by atoms with Gasteiger partial charge in [0.1, 0.15) is 0 Å². The Morgan fingerprint density at radius 3 is 2.22 bits per heavy atom. The number of nitrogens with zero attached hydrogens (tertiary/aromatic N) is 1. The minimum Gasteiger partial charge on any atom is -0.481 e. The fraction of sp³-hybridized carbons (Fsp3) is 0.923. The van der Waals surface area contributed by atoms with Crippen LogP contribution in [0.2, 0.25) is 0 Å². The van der Waals surface area contributed by atoms with E-state index in [9.17, 15) is 9.90 Å². The lowest BCUT2D eigenvalue weighted by Gasteiger charge is -2.38. The van der Waals surface area contributed by atoms with Gasteiger partial charge in [0, 0.05) is 33.4 Å². The summed E-state index contributed by atoms with van der Waals surface area (Å²) in [5.74, 6) is -0.910. The lowest BCUT2D eigenvalue weighted by atomic mass is 9.83. The maximum atomic E-state index is 11.3. The molecule has 0 saturated heterocycles. The highest BCUT2D eigenvalue weighted by atomic mass is 16.5. The lowest BCUT2D eigenvalue weighted by Crippen LogP contribution is -2.47. The predicted octanol–water partition coefficient (Wildman–Crippen LogP) is 1.22. The molecule has 1 fully saturated rings. The summed E-state index contributed by atoms with van der Waals surface area (Å²) in [6, 6.07) is 0.126. The van der Waals surface area contributed by atoms with Crippen LogP contribution >= 0.6 is 0 Å². The molecule has 18 heavy (non-hydrogen) atoms. The van der Waals surface area contributed by atoms with Gasteiger partial charge in [0.2, 0.25) is 0 Å². The smallest absolute Gasteiger partial charge is 0.308 e. The van der Waals surface area contributed by atoms with E-state index in [0.29, 0.717) is 13.2 Å². The Bertz CT molecular complexity index is 239. The van der Waals surface area contributed by atoms with E-state index in [0.717, 1.165) is 38.8 Å². The van der Waals surface area contributed by atoms with E-state index in [4.69, 9.17) is 9.47 Å². The zero-order valence-electron chi connectivity index (χ0n) is 11.4. The van der Waals surface area contributed by atoms with Gasteiger partial charge in [-0.15, -0.1) is 0 Å². The van der Waals surface area contributed by atoms with E-state index in [1.165, 1.54) is 0 Å². The second kappa shape index (κ2) is 8.45. The molecule has 106 valence electrons. The molecule has 0 aliphatic heterocycles. The highest BCUT2D eigenvalue weighted by Crippen LogP contribution is 2.28. The lowest BCUT2D eigenvalue weighted by molar-refractivity contribution is -0.146. The molecule has 0 heterocycles. The first-order valence-electron chi connectivity index (χ1n) is 6.65. The Morgan fingerprint density at radius 1 is 1.17 bits per heavy atom. The van der Waals surface area contributed by atoms with Gasteiger partial charge in [-0.2, -0.15) is 0 Å². The number of rotatable bonds is 8. The van der Waals surface area contributed by atoms with Crippen LogP contribution in [-0.2, 0) is 14.3 Å². The summed E-state index contributed by atoms with van der Waals surface area (Å²) >= 11 is 0. The zero-order valence-corrected chi connectivity index (χ0v) is 11.4. The van der Waals surface area contributed by atoms with Crippen molar-refractivity contribution >= 4 is 5.97 Å². The number of hydrogen-bond acceptors (Lipinski definition) is 4. The van der Waals surface area contributed by atoms with Crippen LogP contribution in [0.1, 0.15) is 25.7 Å². The summed E-state index contributed by atoms with van der Waals surface area (Å²) in [6.07, 6.45) is 3.89. The molecule has 2 unspecified atom stereocenters. The molecule has 2 atom stereocenters. The van der Waals surface area contributed by atoms with Crippen LogP contribution in [0.5, 0.6) is 0 Å². The zero-order chi connectivity index (χ0) is 13.4. The second-order valence-corrected chi connectivity index (χ2v) is 4.82. The van der Waals surface area contributed by atoms with E-state index in [2.05, 4.69) is 4.90 Å². The molecule has 1 aliphatic carbocycles. The van der Waals surface area contributed by atoms with Gasteiger partial charge in [-0.05, 0) is 12.8 Å². The molecule has 1 saturated carbocycles. The van der Waals surface area contributed by atoms with Gasteiger partial charge in [0.05, 0.1) is 19.1 Å². The second-order valence-electron chi connectivity index (χ2n) is 4.82. The summed E-state index contributed by atoms with van der Waals surface area (Å²) in [5.41, 5.74) is 0. The van der Waals surface area contributed by atoms with Crippen LogP contribution in [0, 0.1) is 5.92 Å². The van der Waals surface area contributed by atoms with Crippen molar-refractivity contribution in [3.63, 3.8) is 0 Å². The molecule has 0 aromatic rings. The molecule has 1 N–H and O–H groups in total. The molecule has 5 nitrogen and oxygen atoms in total. The van der Waals surface area contributed by atoms with Crippen LogP contribution < -0.4 is 0 Å².